The van der Waals surface area contributed by atoms with Gasteiger partial charge < -0.3 is 19.5 Å². The Morgan fingerprint density at radius 1 is 1.07 bits per heavy atom. The monoisotopic (exact) mass is 369 g/mol. The minimum Gasteiger partial charge on any atom is -0.497 e. The molecule has 8 heteroatoms. The van der Waals surface area contributed by atoms with Crippen LogP contribution in [0.5, 0.6) is 17.2 Å². The second-order valence-corrected chi connectivity index (χ2v) is 5.65. The zero-order chi connectivity index (χ0) is 19.1. The molecule has 3 rings (SSSR count). The number of benzene rings is 2. The normalized spacial score (nSPS) is 12.5. The van der Waals surface area contributed by atoms with Crippen LogP contribution in [0.1, 0.15) is 12.0 Å². The molecule has 2 amide bonds. The molecular weight excluding hydrogens is 350 g/mol. The molecule has 0 atom stereocenters. The van der Waals surface area contributed by atoms with Crippen molar-refractivity contribution in [2.75, 3.05) is 25.6 Å². The van der Waals surface area contributed by atoms with Crippen molar-refractivity contribution in [3.63, 3.8) is 0 Å². The van der Waals surface area contributed by atoms with Gasteiger partial charge in [0.15, 0.2) is 11.5 Å². The Balaban J connectivity index is 1.47. The van der Waals surface area contributed by atoms with E-state index < -0.39 is 11.8 Å². The van der Waals surface area contributed by atoms with E-state index >= 15 is 0 Å². The summed E-state index contributed by atoms with van der Waals surface area (Å²) in [6.07, 6.45) is 1.13. The minimum absolute atomic E-state index is 0.343. The molecule has 27 heavy (non-hydrogen) atoms. The Labute approximate surface area is 156 Å². The molecule has 140 valence electrons. The first kappa shape index (κ1) is 18.2. The van der Waals surface area contributed by atoms with Crippen molar-refractivity contribution in [1.82, 2.24) is 5.43 Å². The number of hydrogen-bond acceptors (Lipinski definition) is 6. The Morgan fingerprint density at radius 3 is 2.56 bits per heavy atom. The molecule has 2 aromatic rings. The van der Waals surface area contributed by atoms with Crippen LogP contribution in [0.4, 0.5) is 5.69 Å². The molecule has 0 unspecified atom stereocenters. The van der Waals surface area contributed by atoms with Gasteiger partial charge in [-0.1, -0.05) is 0 Å². The molecule has 2 N–H and O–H groups in total. The van der Waals surface area contributed by atoms with E-state index in [2.05, 4.69) is 15.8 Å². The molecule has 1 aliphatic heterocycles. The number of ether oxygens (including phenoxy) is 3. The summed E-state index contributed by atoms with van der Waals surface area (Å²) >= 11 is 0. The van der Waals surface area contributed by atoms with Gasteiger partial charge in [-0.25, -0.2) is 5.43 Å². The summed E-state index contributed by atoms with van der Waals surface area (Å²) in [5, 5.41) is 6.48. The van der Waals surface area contributed by atoms with Crippen LogP contribution >= 0.6 is 0 Å². The van der Waals surface area contributed by atoms with Gasteiger partial charge in [0.1, 0.15) is 25.4 Å². The molecule has 1 heterocycles. The van der Waals surface area contributed by atoms with Gasteiger partial charge in [-0.3, -0.25) is 9.59 Å². The summed E-state index contributed by atoms with van der Waals surface area (Å²) in [4.78, 5) is 23.7. The third kappa shape index (κ3) is 5.21. The van der Waals surface area contributed by atoms with Crippen molar-refractivity contribution < 1.29 is 23.8 Å². The average Bonchev–Trinajstić information content (AvgIpc) is 2.68. The van der Waals surface area contributed by atoms with Gasteiger partial charge in [-0.2, -0.15) is 5.10 Å². The fourth-order valence-corrected chi connectivity index (χ4v) is 2.38. The third-order valence-electron chi connectivity index (χ3n) is 3.66. The largest absolute Gasteiger partial charge is 0.497 e. The highest BCUT2D eigenvalue weighted by molar-refractivity contribution is 6.03. The second-order valence-electron chi connectivity index (χ2n) is 5.65. The van der Waals surface area contributed by atoms with Crippen LogP contribution in [0.2, 0.25) is 0 Å². The molecule has 1 aliphatic rings. The minimum atomic E-state index is -0.519. The van der Waals surface area contributed by atoms with E-state index in [1.54, 1.807) is 49.6 Å². The summed E-state index contributed by atoms with van der Waals surface area (Å²) in [6.45, 7) is 1.02. The fourth-order valence-electron chi connectivity index (χ4n) is 2.38. The zero-order valence-corrected chi connectivity index (χ0v) is 14.7. The van der Waals surface area contributed by atoms with E-state index in [-0.39, 0.29) is 6.42 Å². The van der Waals surface area contributed by atoms with Crippen LogP contribution in [0.15, 0.2) is 47.6 Å². The molecule has 0 aromatic heterocycles. The first-order chi connectivity index (χ1) is 13.1. The standard InChI is InChI=1S/C19H19N3O5/c1-25-15-5-3-14(4-6-15)21-18(23)11-19(24)22-20-12-13-2-7-16-17(10-13)27-9-8-26-16/h2-7,10,12H,8-9,11H2,1H3,(H,21,23)(H,22,24)/b20-12-. The van der Waals surface area contributed by atoms with Crippen molar-refractivity contribution >= 4 is 23.7 Å². The van der Waals surface area contributed by atoms with Gasteiger partial charge in [-0.15, -0.1) is 0 Å². The SMILES string of the molecule is COc1ccc(NC(=O)CC(=O)N/N=C\c2ccc3c(c2)OCCO3)cc1. The van der Waals surface area contributed by atoms with Crippen molar-refractivity contribution in [1.29, 1.82) is 0 Å². The lowest BCUT2D eigenvalue weighted by Crippen LogP contribution is -2.24. The van der Waals surface area contributed by atoms with Crippen molar-refractivity contribution in [2.45, 2.75) is 6.42 Å². The number of hydrogen-bond donors (Lipinski definition) is 2. The number of rotatable bonds is 6. The number of carbonyl (C=O) groups excluding carboxylic acids is 2. The van der Waals surface area contributed by atoms with Gasteiger partial charge in [0, 0.05) is 5.69 Å². The van der Waals surface area contributed by atoms with Crippen LogP contribution in [0.25, 0.3) is 0 Å². The molecule has 0 spiro atoms. The number of nitrogens with zero attached hydrogens (tertiary/aromatic N) is 1. The molecule has 0 saturated heterocycles. The molecular formula is C19H19N3O5. The Bertz CT molecular complexity index is 849. The Morgan fingerprint density at radius 2 is 1.81 bits per heavy atom. The van der Waals surface area contributed by atoms with Crippen molar-refractivity contribution in [2.24, 2.45) is 5.10 Å². The first-order valence-corrected chi connectivity index (χ1v) is 8.29. The fraction of sp³-hybridized carbons (Fsp3) is 0.211. The predicted molar refractivity (Wildman–Crippen MR) is 99.4 cm³/mol. The van der Waals surface area contributed by atoms with Crippen molar-refractivity contribution in [3.8, 4) is 17.2 Å². The zero-order valence-electron chi connectivity index (χ0n) is 14.7. The second kappa shape index (κ2) is 8.70. The lowest BCUT2D eigenvalue weighted by molar-refractivity contribution is -0.126. The summed E-state index contributed by atoms with van der Waals surface area (Å²) in [6, 6.07) is 12.1. The van der Waals surface area contributed by atoms with Gasteiger partial charge in [0.05, 0.1) is 13.3 Å². The van der Waals surface area contributed by atoms with E-state index in [1.807, 2.05) is 0 Å². The maximum atomic E-state index is 11.9. The van der Waals surface area contributed by atoms with Gasteiger partial charge >= 0.3 is 0 Å². The summed E-state index contributed by atoms with van der Waals surface area (Å²) in [5.74, 6) is 1.04. The van der Waals surface area contributed by atoms with E-state index in [1.165, 1.54) is 6.21 Å². The average molecular weight is 369 g/mol. The maximum absolute atomic E-state index is 11.9. The number of hydrazone groups is 1. The highest BCUT2D eigenvalue weighted by Crippen LogP contribution is 2.30. The maximum Gasteiger partial charge on any atom is 0.249 e. The van der Waals surface area contributed by atoms with Crippen molar-refractivity contribution in [3.05, 3.63) is 48.0 Å². The molecule has 0 fully saturated rings. The molecule has 8 nitrogen and oxygen atoms in total. The van der Waals surface area contributed by atoms with E-state index in [0.717, 1.165) is 5.56 Å². The Hall–Kier alpha value is -3.55. The number of amides is 2. The Kier molecular flexibility index (Phi) is 5.88. The number of methoxy groups -OCH3 is 1. The van der Waals surface area contributed by atoms with Crippen LogP contribution in [-0.2, 0) is 9.59 Å². The van der Waals surface area contributed by atoms with Crippen LogP contribution in [-0.4, -0.2) is 38.4 Å². The molecule has 0 aliphatic carbocycles. The number of anilines is 1. The van der Waals surface area contributed by atoms with E-state index in [9.17, 15) is 9.59 Å². The molecule has 0 bridgehead atoms. The first-order valence-electron chi connectivity index (χ1n) is 8.29. The number of fused-ring (bicyclic) bond motifs is 1. The lowest BCUT2D eigenvalue weighted by Gasteiger charge is -2.18. The van der Waals surface area contributed by atoms with E-state index in [4.69, 9.17) is 14.2 Å². The molecule has 0 radical (unpaired) electrons. The highest BCUT2D eigenvalue weighted by Gasteiger charge is 2.11. The topological polar surface area (TPSA) is 98.2 Å². The van der Waals surface area contributed by atoms with E-state index in [0.29, 0.717) is 36.1 Å². The molecule has 2 aromatic carbocycles. The predicted octanol–water partition coefficient (Wildman–Crippen LogP) is 1.95. The smallest absolute Gasteiger partial charge is 0.249 e. The summed E-state index contributed by atoms with van der Waals surface area (Å²) in [5.41, 5.74) is 3.64. The van der Waals surface area contributed by atoms with Gasteiger partial charge in [-0.05, 0) is 48.0 Å². The molecule has 0 saturated carbocycles. The van der Waals surface area contributed by atoms with Gasteiger partial charge in [0.2, 0.25) is 11.8 Å². The number of nitrogens with one attached hydrogen (secondary N) is 2. The summed E-state index contributed by atoms with van der Waals surface area (Å²) in [7, 11) is 1.56. The number of carbonyl (C=O) groups is 2. The van der Waals surface area contributed by atoms with Crippen LogP contribution in [0.3, 0.4) is 0 Å². The van der Waals surface area contributed by atoms with Crippen LogP contribution < -0.4 is 25.0 Å². The summed E-state index contributed by atoms with van der Waals surface area (Å²) < 4.78 is 16.0. The van der Waals surface area contributed by atoms with Crippen LogP contribution in [0, 0.1) is 0 Å². The third-order valence-corrected chi connectivity index (χ3v) is 3.66. The lowest BCUT2D eigenvalue weighted by atomic mass is 10.2. The van der Waals surface area contributed by atoms with Gasteiger partial charge in [0.25, 0.3) is 0 Å². The quantitative estimate of drug-likeness (QED) is 0.461. The highest BCUT2D eigenvalue weighted by atomic mass is 16.6.